The van der Waals surface area contributed by atoms with Crippen molar-refractivity contribution < 1.29 is 58.3 Å². The molecule has 20 nitrogen and oxygen atoms in total. The summed E-state index contributed by atoms with van der Waals surface area (Å²) in [6.07, 6.45) is -0.663. The second-order valence-corrected chi connectivity index (χ2v) is 17.2. The maximum Gasteiger partial charge on any atom is 0.508 e. The molecule has 0 aliphatic heterocycles. The summed E-state index contributed by atoms with van der Waals surface area (Å²) in [4.78, 5) is 68.9. The number of carbonyl (C=O) groups excluding carboxylic acids is 3. The van der Waals surface area contributed by atoms with Crippen molar-refractivity contribution in [2.24, 2.45) is 23.7 Å². The number of aliphatic hydroxyl groups is 1. The smallest absolute Gasteiger partial charge is 0.444 e. The maximum atomic E-state index is 13.7. The fourth-order valence-electron chi connectivity index (χ4n) is 7.01. The number of aromatic nitrogens is 2. The minimum Gasteiger partial charge on any atom is -0.444 e. The van der Waals surface area contributed by atoms with Crippen LogP contribution in [0.3, 0.4) is 0 Å². The largest absolute Gasteiger partial charge is 0.508 e. The Morgan fingerprint density at radius 3 is 2.18 bits per heavy atom. The van der Waals surface area contributed by atoms with Crippen LogP contribution >= 0.6 is 0 Å². The molecule has 2 rings (SSSR count). The first kappa shape index (κ1) is 53.2. The van der Waals surface area contributed by atoms with E-state index >= 15 is 0 Å². The number of unbranched alkanes of at least 4 members (excludes halogenated alkanes) is 1. The number of hydrogen-bond donors (Lipinski definition) is 3. The second-order valence-electron chi connectivity index (χ2n) is 17.2. The molecule has 2 amide bonds. The van der Waals surface area contributed by atoms with Crippen LogP contribution in [0.25, 0.3) is 10.9 Å². The van der Waals surface area contributed by atoms with Gasteiger partial charge in [-0.25, -0.2) is 9.59 Å². The van der Waals surface area contributed by atoms with Gasteiger partial charge in [0, 0.05) is 44.5 Å². The molecule has 0 saturated carbocycles. The Kier molecular flexibility index (Phi) is 23.3. The third-order valence-corrected chi connectivity index (χ3v) is 10.4. The highest BCUT2D eigenvalue weighted by Crippen LogP contribution is 2.29. The molecule has 0 fully saturated rings. The zero-order valence-electron chi connectivity index (χ0n) is 37.9. The standard InChI is InChI=1S/C42H70N6O14/c1-28(2)32(24-31-15-16-34-30(5)45-46(37(34)25-31)19-13-20-57-9)26-36(44-40(51)62-42(6,7)8)38(49)27-35(29(3)4)39(50)43-18-17-33(14-12-23-60-48(55)56)61-41(52)58-21-10-11-22-59-47(53)54/h15-16,25,28-29,32-33,35-36,38,49H,10-14,17-24,26-27H2,1-9H3,(H,43,50)(H,44,51)/t32-,33?,35-,36-,38-/m0/s1. The lowest BCUT2D eigenvalue weighted by atomic mass is 9.80. The van der Waals surface area contributed by atoms with Gasteiger partial charge in [-0.1, -0.05) is 39.8 Å². The summed E-state index contributed by atoms with van der Waals surface area (Å²) in [6.45, 7) is 16.1. The van der Waals surface area contributed by atoms with E-state index in [2.05, 4.69) is 52.4 Å². The number of hydrogen-bond acceptors (Lipinski definition) is 15. The highest BCUT2D eigenvalue weighted by molar-refractivity contribution is 5.82. The van der Waals surface area contributed by atoms with E-state index in [0.29, 0.717) is 26.0 Å². The van der Waals surface area contributed by atoms with Gasteiger partial charge in [0.25, 0.3) is 10.2 Å². The van der Waals surface area contributed by atoms with Gasteiger partial charge >= 0.3 is 12.2 Å². The topological polar surface area (TPSA) is 255 Å². The number of methoxy groups -OCH3 is 1. The van der Waals surface area contributed by atoms with Crippen molar-refractivity contribution in [1.82, 2.24) is 20.4 Å². The van der Waals surface area contributed by atoms with E-state index in [9.17, 15) is 39.7 Å². The summed E-state index contributed by atoms with van der Waals surface area (Å²) in [7, 11) is 1.68. The van der Waals surface area contributed by atoms with E-state index in [1.165, 1.54) is 0 Å². The predicted octanol–water partition coefficient (Wildman–Crippen LogP) is 6.51. The van der Waals surface area contributed by atoms with Crippen LogP contribution in [0.2, 0.25) is 0 Å². The number of carbonyl (C=O) groups is 3. The molecule has 0 saturated heterocycles. The third kappa shape index (κ3) is 20.7. The Hall–Kier alpha value is -4.98. The van der Waals surface area contributed by atoms with Gasteiger partial charge in [0.1, 0.15) is 11.7 Å². The third-order valence-electron chi connectivity index (χ3n) is 10.4. The molecule has 0 aliphatic carbocycles. The Bertz CT molecular complexity index is 1700. The van der Waals surface area contributed by atoms with Crippen molar-refractivity contribution in [3.05, 3.63) is 49.7 Å². The van der Waals surface area contributed by atoms with Gasteiger partial charge in [-0.05, 0) is 108 Å². The van der Waals surface area contributed by atoms with Gasteiger partial charge in [-0.3, -0.25) is 9.48 Å². The van der Waals surface area contributed by atoms with Crippen molar-refractivity contribution in [2.75, 3.05) is 40.1 Å². The van der Waals surface area contributed by atoms with Gasteiger partial charge in [-0.2, -0.15) is 5.10 Å². The number of aliphatic hydroxyl groups excluding tert-OH is 1. The average molecular weight is 883 g/mol. The van der Waals surface area contributed by atoms with Gasteiger partial charge < -0.3 is 44.4 Å². The van der Waals surface area contributed by atoms with Crippen LogP contribution in [0, 0.1) is 50.8 Å². The molecule has 5 atom stereocenters. The zero-order valence-corrected chi connectivity index (χ0v) is 37.9. The molecule has 1 aromatic heterocycles. The lowest BCUT2D eigenvalue weighted by Crippen LogP contribution is -2.49. The van der Waals surface area contributed by atoms with E-state index in [-0.39, 0.29) is 88.6 Å². The van der Waals surface area contributed by atoms with Crippen molar-refractivity contribution in [2.45, 2.75) is 144 Å². The summed E-state index contributed by atoms with van der Waals surface area (Å²) >= 11 is 0. The molecular weight excluding hydrogens is 812 g/mol. The Morgan fingerprint density at radius 2 is 1.56 bits per heavy atom. The molecule has 2 aromatic rings. The van der Waals surface area contributed by atoms with Gasteiger partial charge in [0.05, 0.1) is 43.2 Å². The number of alkyl carbamates (subject to hydrolysis) is 1. The number of amides is 2. The maximum absolute atomic E-state index is 13.7. The van der Waals surface area contributed by atoms with E-state index in [1.54, 1.807) is 27.9 Å². The van der Waals surface area contributed by atoms with Crippen LogP contribution < -0.4 is 10.6 Å². The number of fused-ring (bicyclic) bond motifs is 1. The van der Waals surface area contributed by atoms with Crippen LogP contribution in [0.4, 0.5) is 9.59 Å². The van der Waals surface area contributed by atoms with Crippen molar-refractivity contribution in [1.29, 1.82) is 0 Å². The number of nitrogens with zero attached hydrogens (tertiary/aromatic N) is 4. The van der Waals surface area contributed by atoms with Gasteiger partial charge in [-0.15, -0.1) is 20.2 Å². The summed E-state index contributed by atoms with van der Waals surface area (Å²) in [5, 5.41) is 42.6. The van der Waals surface area contributed by atoms with Crippen LogP contribution in [-0.4, -0.2) is 107 Å². The van der Waals surface area contributed by atoms with Crippen LogP contribution in [0.5, 0.6) is 0 Å². The quantitative estimate of drug-likeness (QED) is 0.0327. The molecule has 0 bridgehead atoms. The lowest BCUT2D eigenvalue weighted by Gasteiger charge is -2.33. The first-order chi connectivity index (χ1) is 29.2. The van der Waals surface area contributed by atoms with Crippen molar-refractivity contribution in [3.8, 4) is 0 Å². The normalized spacial score (nSPS) is 14.1. The van der Waals surface area contributed by atoms with E-state index < -0.39 is 52.2 Å². The number of aryl methyl sites for hydroxylation is 2. The molecule has 1 unspecified atom stereocenters. The average Bonchev–Trinajstić information content (AvgIpc) is 3.48. The molecule has 0 spiro atoms. The second kappa shape index (κ2) is 27.2. The van der Waals surface area contributed by atoms with Crippen LogP contribution in [0.1, 0.15) is 111 Å². The molecule has 1 heterocycles. The summed E-state index contributed by atoms with van der Waals surface area (Å²) < 4.78 is 23.4. The summed E-state index contributed by atoms with van der Waals surface area (Å²) in [5.74, 6) is -1.06. The van der Waals surface area contributed by atoms with Crippen LogP contribution in [0.15, 0.2) is 18.2 Å². The van der Waals surface area contributed by atoms with Gasteiger partial charge in [0.15, 0.2) is 0 Å². The van der Waals surface area contributed by atoms with Gasteiger partial charge in [0.2, 0.25) is 5.91 Å². The number of ether oxygens (including phenoxy) is 4. The SMILES string of the molecule is COCCCn1nc(C)c2ccc(C[C@@H](C[C@H](NC(=O)OC(C)(C)C)[C@@H](O)C[C@H](C(=O)NCCC(CCCO[N+](=O)[O-])OC(=O)OCCCCO[N+](=O)[O-])C(C)C)C(C)C)cc21. The minimum atomic E-state index is -1.13. The molecule has 0 radical (unpaired) electrons. The summed E-state index contributed by atoms with van der Waals surface area (Å²) in [6, 6.07) is 5.58. The van der Waals surface area contributed by atoms with Crippen LogP contribution in [-0.2, 0) is 46.4 Å². The molecule has 62 heavy (non-hydrogen) atoms. The monoisotopic (exact) mass is 882 g/mol. The fraction of sp³-hybridized carbons (Fsp3) is 0.762. The Morgan fingerprint density at radius 1 is 0.903 bits per heavy atom. The van der Waals surface area contributed by atoms with Crippen molar-refractivity contribution >= 4 is 29.1 Å². The summed E-state index contributed by atoms with van der Waals surface area (Å²) in [5.41, 5.74) is 2.28. The minimum absolute atomic E-state index is 0.0151. The number of benzene rings is 1. The van der Waals surface area contributed by atoms with E-state index in [1.807, 2.05) is 25.5 Å². The number of rotatable bonds is 30. The molecular formula is C42H70N6O14. The molecule has 20 heteroatoms. The molecule has 0 aliphatic rings. The number of nitrogens with one attached hydrogen (secondary N) is 2. The van der Waals surface area contributed by atoms with E-state index in [4.69, 9.17) is 24.0 Å². The van der Waals surface area contributed by atoms with Crippen molar-refractivity contribution in [3.63, 3.8) is 0 Å². The molecule has 3 N–H and O–H groups in total. The first-order valence-electron chi connectivity index (χ1n) is 21.5. The lowest BCUT2D eigenvalue weighted by molar-refractivity contribution is -0.757. The highest BCUT2D eigenvalue weighted by Gasteiger charge is 2.33. The fourth-order valence-corrected chi connectivity index (χ4v) is 7.01. The highest BCUT2D eigenvalue weighted by atomic mass is 17.0. The molecule has 352 valence electrons. The first-order valence-corrected chi connectivity index (χ1v) is 21.5. The predicted molar refractivity (Wildman–Crippen MR) is 228 cm³/mol. The Balaban J connectivity index is 2.19. The van der Waals surface area contributed by atoms with E-state index in [0.717, 1.165) is 28.6 Å². The zero-order chi connectivity index (χ0) is 46.4. The molecule has 1 aromatic carbocycles. The Labute approximate surface area is 364 Å².